The smallest absolute Gasteiger partial charge is 0.229 e. The van der Waals surface area contributed by atoms with Gasteiger partial charge in [0, 0.05) is 18.0 Å². The fourth-order valence-corrected chi connectivity index (χ4v) is 2.12. The number of hydrogen-bond acceptors (Lipinski definition) is 6. The molecular formula is C15H18ClN3O3. The average molecular weight is 324 g/mol. The van der Waals surface area contributed by atoms with E-state index in [1.165, 1.54) is 14.2 Å². The Hall–Kier alpha value is -2.05. The van der Waals surface area contributed by atoms with Gasteiger partial charge >= 0.3 is 0 Å². The van der Waals surface area contributed by atoms with Gasteiger partial charge in [-0.25, -0.2) is 0 Å². The highest BCUT2D eigenvalue weighted by atomic mass is 35.5. The summed E-state index contributed by atoms with van der Waals surface area (Å²) in [5.41, 5.74) is 0.964. The predicted octanol–water partition coefficient (Wildman–Crippen LogP) is 2.16. The van der Waals surface area contributed by atoms with Gasteiger partial charge in [-0.1, -0.05) is 23.7 Å². The summed E-state index contributed by atoms with van der Waals surface area (Å²) >= 11 is 5.92. The van der Waals surface area contributed by atoms with E-state index in [9.17, 15) is 5.11 Å². The number of aromatic nitrogens is 2. The Morgan fingerprint density at radius 2 is 1.86 bits per heavy atom. The Morgan fingerprint density at radius 1 is 1.18 bits per heavy atom. The van der Waals surface area contributed by atoms with Crippen molar-refractivity contribution in [2.24, 2.45) is 0 Å². The molecule has 0 aliphatic carbocycles. The molecule has 0 fully saturated rings. The summed E-state index contributed by atoms with van der Waals surface area (Å²) in [4.78, 5) is 8.27. The summed E-state index contributed by atoms with van der Waals surface area (Å²) in [7, 11) is 3.03. The maximum Gasteiger partial charge on any atom is 0.229 e. The van der Waals surface area contributed by atoms with Gasteiger partial charge in [-0.2, -0.15) is 9.97 Å². The van der Waals surface area contributed by atoms with Crippen LogP contribution in [-0.4, -0.2) is 41.9 Å². The van der Waals surface area contributed by atoms with Crippen molar-refractivity contribution in [2.75, 3.05) is 26.1 Å². The number of aliphatic hydroxyl groups is 1. The molecule has 1 unspecified atom stereocenters. The zero-order valence-electron chi connectivity index (χ0n) is 12.4. The van der Waals surface area contributed by atoms with E-state index in [0.29, 0.717) is 35.7 Å². The van der Waals surface area contributed by atoms with Gasteiger partial charge in [0.15, 0.2) is 0 Å². The van der Waals surface area contributed by atoms with Crippen molar-refractivity contribution in [1.82, 2.24) is 9.97 Å². The lowest BCUT2D eigenvalue weighted by molar-refractivity contribution is 0.188. The number of nitrogens with one attached hydrogen (secondary N) is 1. The lowest BCUT2D eigenvalue weighted by atomic mass is 10.1. The molecule has 1 aromatic heterocycles. The van der Waals surface area contributed by atoms with E-state index in [2.05, 4.69) is 15.3 Å². The molecule has 6 nitrogen and oxygen atoms in total. The fraction of sp³-hybridized carbons (Fsp3) is 0.333. The van der Waals surface area contributed by atoms with E-state index in [1.807, 2.05) is 18.2 Å². The molecule has 22 heavy (non-hydrogen) atoms. The summed E-state index contributed by atoms with van der Waals surface area (Å²) in [6.45, 7) is 0.294. The van der Waals surface area contributed by atoms with E-state index in [4.69, 9.17) is 21.1 Å². The summed E-state index contributed by atoms with van der Waals surface area (Å²) in [6, 6.07) is 8.98. The minimum atomic E-state index is -0.598. The number of hydrogen-bond donors (Lipinski definition) is 2. The van der Waals surface area contributed by atoms with Crippen LogP contribution in [0.4, 0.5) is 5.95 Å². The number of ether oxygens (including phenoxy) is 2. The molecular weight excluding hydrogens is 306 g/mol. The molecule has 0 aliphatic rings. The van der Waals surface area contributed by atoms with Crippen LogP contribution in [0.25, 0.3) is 0 Å². The quantitative estimate of drug-likeness (QED) is 0.813. The number of rotatable bonds is 7. The third-order valence-electron chi connectivity index (χ3n) is 2.95. The minimum Gasteiger partial charge on any atom is -0.481 e. The number of nitrogens with zero attached hydrogens (tertiary/aromatic N) is 2. The van der Waals surface area contributed by atoms with Crippen LogP contribution in [0, 0.1) is 0 Å². The fourth-order valence-electron chi connectivity index (χ4n) is 1.91. The highest BCUT2D eigenvalue weighted by molar-refractivity contribution is 6.30. The Bertz CT molecular complexity index is 602. The zero-order chi connectivity index (χ0) is 15.9. The Morgan fingerprint density at radius 3 is 2.45 bits per heavy atom. The topological polar surface area (TPSA) is 76.5 Å². The van der Waals surface area contributed by atoms with Crippen molar-refractivity contribution in [3.05, 3.63) is 40.9 Å². The Labute approximate surface area is 134 Å². The number of halogens is 1. The molecule has 1 atom stereocenters. The predicted molar refractivity (Wildman–Crippen MR) is 84.8 cm³/mol. The van der Waals surface area contributed by atoms with Crippen molar-refractivity contribution in [3.8, 4) is 11.8 Å². The maximum absolute atomic E-state index is 10.1. The number of benzene rings is 1. The van der Waals surface area contributed by atoms with Gasteiger partial charge in [0.05, 0.1) is 26.4 Å². The summed E-state index contributed by atoms with van der Waals surface area (Å²) < 4.78 is 10.1. The molecule has 118 valence electrons. The standard InChI is InChI=1S/C15H18ClN3O3/c1-21-13-8-14(22-2)19-15(18-13)17-9-12(20)7-10-4-3-5-11(16)6-10/h3-6,8,12,20H,7,9H2,1-2H3,(H,17,18,19). The van der Waals surface area contributed by atoms with Gasteiger partial charge in [0.25, 0.3) is 0 Å². The molecule has 0 spiro atoms. The molecule has 0 amide bonds. The van der Waals surface area contributed by atoms with Crippen LogP contribution in [0.3, 0.4) is 0 Å². The van der Waals surface area contributed by atoms with Crippen LogP contribution < -0.4 is 14.8 Å². The summed E-state index contributed by atoms with van der Waals surface area (Å²) in [6.07, 6.45) is -0.117. The largest absolute Gasteiger partial charge is 0.481 e. The maximum atomic E-state index is 10.1. The van der Waals surface area contributed by atoms with Crippen molar-refractivity contribution < 1.29 is 14.6 Å². The van der Waals surface area contributed by atoms with E-state index in [0.717, 1.165) is 5.56 Å². The first-order chi connectivity index (χ1) is 10.6. The van der Waals surface area contributed by atoms with E-state index in [1.54, 1.807) is 12.1 Å². The Kier molecular flexibility index (Phi) is 5.80. The lowest BCUT2D eigenvalue weighted by Gasteiger charge is -2.13. The average Bonchev–Trinajstić information content (AvgIpc) is 2.52. The van der Waals surface area contributed by atoms with E-state index < -0.39 is 6.10 Å². The van der Waals surface area contributed by atoms with Crippen molar-refractivity contribution in [1.29, 1.82) is 0 Å². The van der Waals surface area contributed by atoms with Crippen LogP contribution in [-0.2, 0) is 6.42 Å². The molecule has 0 bridgehead atoms. The second-order valence-corrected chi connectivity index (χ2v) is 5.08. The molecule has 0 aliphatic heterocycles. The van der Waals surface area contributed by atoms with Crippen LogP contribution >= 0.6 is 11.6 Å². The normalized spacial score (nSPS) is 11.8. The summed E-state index contributed by atoms with van der Waals surface area (Å²) in [5.74, 6) is 1.11. The van der Waals surface area contributed by atoms with Gasteiger partial charge in [-0.05, 0) is 17.7 Å². The van der Waals surface area contributed by atoms with Gasteiger partial charge in [0.1, 0.15) is 0 Å². The van der Waals surface area contributed by atoms with E-state index in [-0.39, 0.29) is 0 Å². The second kappa shape index (κ2) is 7.82. The second-order valence-electron chi connectivity index (χ2n) is 4.65. The highest BCUT2D eigenvalue weighted by Gasteiger charge is 2.09. The SMILES string of the molecule is COc1cc(OC)nc(NCC(O)Cc2cccc(Cl)c2)n1. The molecule has 0 saturated heterocycles. The molecule has 2 N–H and O–H groups in total. The first-order valence-corrected chi connectivity index (χ1v) is 7.12. The van der Waals surface area contributed by atoms with Gasteiger partial charge in [0.2, 0.25) is 17.7 Å². The lowest BCUT2D eigenvalue weighted by Crippen LogP contribution is -2.22. The van der Waals surface area contributed by atoms with Crippen molar-refractivity contribution in [2.45, 2.75) is 12.5 Å². The first-order valence-electron chi connectivity index (χ1n) is 6.74. The van der Waals surface area contributed by atoms with Crippen molar-refractivity contribution >= 4 is 17.5 Å². The van der Waals surface area contributed by atoms with Crippen LogP contribution in [0.2, 0.25) is 5.02 Å². The highest BCUT2D eigenvalue weighted by Crippen LogP contribution is 2.17. The molecule has 7 heteroatoms. The van der Waals surface area contributed by atoms with E-state index >= 15 is 0 Å². The molecule has 2 aromatic rings. The Balaban J connectivity index is 1.94. The third kappa shape index (κ3) is 4.75. The molecule has 0 radical (unpaired) electrons. The third-order valence-corrected chi connectivity index (χ3v) is 3.19. The van der Waals surface area contributed by atoms with Crippen LogP contribution in [0.15, 0.2) is 30.3 Å². The van der Waals surface area contributed by atoms with Gasteiger partial charge in [-0.3, -0.25) is 0 Å². The van der Waals surface area contributed by atoms with Crippen LogP contribution in [0.1, 0.15) is 5.56 Å². The summed E-state index contributed by atoms with van der Waals surface area (Å²) in [5, 5.41) is 13.7. The molecule has 0 saturated carbocycles. The van der Waals surface area contributed by atoms with Crippen molar-refractivity contribution in [3.63, 3.8) is 0 Å². The number of aliphatic hydroxyl groups excluding tert-OH is 1. The number of anilines is 1. The monoisotopic (exact) mass is 323 g/mol. The zero-order valence-corrected chi connectivity index (χ0v) is 13.2. The van der Waals surface area contributed by atoms with Gasteiger partial charge in [-0.15, -0.1) is 0 Å². The molecule has 1 aromatic carbocycles. The van der Waals surface area contributed by atoms with Crippen LogP contribution in [0.5, 0.6) is 11.8 Å². The van der Waals surface area contributed by atoms with Gasteiger partial charge < -0.3 is 19.9 Å². The molecule has 2 rings (SSSR count). The minimum absolute atomic E-state index is 0.294. The molecule has 1 heterocycles. The number of methoxy groups -OCH3 is 2. The first kappa shape index (κ1) is 16.3.